The van der Waals surface area contributed by atoms with Gasteiger partial charge in [-0.3, -0.25) is 9.78 Å². The third kappa shape index (κ3) is 5.74. The van der Waals surface area contributed by atoms with Gasteiger partial charge < -0.3 is 20.3 Å². The van der Waals surface area contributed by atoms with Gasteiger partial charge in [0.2, 0.25) is 5.60 Å². The highest BCUT2D eigenvalue weighted by Gasteiger charge is 2.58. The minimum absolute atomic E-state index is 0.0196. The van der Waals surface area contributed by atoms with E-state index in [0.29, 0.717) is 10.9 Å². The van der Waals surface area contributed by atoms with Crippen LogP contribution < -0.4 is 10.1 Å². The number of aliphatic hydroxyl groups is 2. The van der Waals surface area contributed by atoms with Crippen LogP contribution in [0.15, 0.2) is 48.7 Å². The molecule has 2 heterocycles. The number of hydrogen-bond acceptors (Lipinski definition) is 6. The Morgan fingerprint density at radius 2 is 1.71 bits per heavy atom. The molecule has 0 aliphatic carbocycles. The third-order valence-electron chi connectivity index (χ3n) is 6.54. The first kappa shape index (κ1) is 31.1. The number of rotatable bonds is 7. The summed E-state index contributed by atoms with van der Waals surface area (Å²) in [5, 5.41) is 23.6. The van der Waals surface area contributed by atoms with Crippen LogP contribution in [0.25, 0.3) is 22.2 Å². The number of carbonyl (C=O) groups excluding carboxylic acids is 1. The summed E-state index contributed by atoms with van der Waals surface area (Å²) >= 11 is 6.30. The SMILES string of the molecule is COc1cc(C(=O)NC[C@](O)(c2nc(-c3ccc(F)cc3)c(Cl)c(C(C)(C)O)c2F)C(F)(F)F)cc2cc(C)cnc12. The van der Waals surface area contributed by atoms with E-state index in [1.807, 2.05) is 5.32 Å². The predicted octanol–water partition coefficient (Wildman–Crippen LogP) is 5.95. The minimum atomic E-state index is -5.58. The second kappa shape index (κ2) is 11.1. The van der Waals surface area contributed by atoms with E-state index in [0.717, 1.165) is 43.7 Å². The first-order chi connectivity index (χ1) is 19.5. The summed E-state index contributed by atoms with van der Waals surface area (Å²) < 4.78 is 78.2. The van der Waals surface area contributed by atoms with Crippen molar-refractivity contribution < 1.29 is 41.7 Å². The summed E-state index contributed by atoms with van der Waals surface area (Å²) in [6, 6.07) is 8.55. The zero-order valence-corrected chi connectivity index (χ0v) is 23.5. The molecule has 4 aromatic rings. The molecule has 2 aromatic heterocycles. The number of hydrogen-bond donors (Lipinski definition) is 3. The van der Waals surface area contributed by atoms with E-state index in [1.54, 1.807) is 19.2 Å². The molecule has 0 aliphatic rings. The van der Waals surface area contributed by atoms with Crippen molar-refractivity contribution in [1.82, 2.24) is 15.3 Å². The third-order valence-corrected chi connectivity index (χ3v) is 6.91. The lowest BCUT2D eigenvalue weighted by Crippen LogP contribution is -2.52. The first-order valence-electron chi connectivity index (χ1n) is 12.4. The van der Waals surface area contributed by atoms with Crippen molar-refractivity contribution in [3.05, 3.63) is 87.7 Å². The van der Waals surface area contributed by atoms with Crippen molar-refractivity contribution in [2.75, 3.05) is 13.7 Å². The van der Waals surface area contributed by atoms with Gasteiger partial charge in [-0.1, -0.05) is 11.6 Å². The number of methoxy groups -OCH3 is 1. The van der Waals surface area contributed by atoms with Gasteiger partial charge in [-0.25, -0.2) is 13.8 Å². The Bertz CT molecular complexity index is 1670. The van der Waals surface area contributed by atoms with Gasteiger partial charge in [0.05, 0.1) is 30.0 Å². The Kier molecular flexibility index (Phi) is 8.20. The molecule has 0 aliphatic heterocycles. The van der Waals surface area contributed by atoms with Crippen molar-refractivity contribution in [2.24, 2.45) is 0 Å². The fraction of sp³-hybridized carbons (Fsp3) is 0.276. The molecule has 13 heteroatoms. The molecular formula is C29H25ClF5N3O4. The number of ether oxygens (including phenoxy) is 1. The zero-order valence-electron chi connectivity index (χ0n) is 22.7. The molecule has 7 nitrogen and oxygen atoms in total. The molecule has 0 spiro atoms. The number of alkyl halides is 3. The van der Waals surface area contributed by atoms with Crippen LogP contribution in [0.5, 0.6) is 5.75 Å². The van der Waals surface area contributed by atoms with Crippen LogP contribution in [0, 0.1) is 18.6 Å². The molecule has 42 heavy (non-hydrogen) atoms. The summed E-state index contributed by atoms with van der Waals surface area (Å²) in [5.41, 5.74) is -8.01. The van der Waals surface area contributed by atoms with Crippen LogP contribution in [-0.4, -0.2) is 45.9 Å². The summed E-state index contributed by atoms with van der Waals surface area (Å²) in [6.07, 6.45) is -4.01. The molecule has 0 bridgehead atoms. The number of amides is 1. The zero-order chi connectivity index (χ0) is 31.2. The smallest absolute Gasteiger partial charge is 0.424 e. The maximum atomic E-state index is 15.8. The molecule has 0 saturated carbocycles. The Hall–Kier alpha value is -3.87. The topological polar surface area (TPSA) is 105 Å². The number of nitrogens with zero attached hydrogens (tertiary/aromatic N) is 2. The Balaban J connectivity index is 1.83. The van der Waals surface area contributed by atoms with Gasteiger partial charge in [0, 0.05) is 28.3 Å². The van der Waals surface area contributed by atoms with E-state index in [-0.39, 0.29) is 16.9 Å². The second-order valence-electron chi connectivity index (χ2n) is 10.2. The molecule has 0 saturated heterocycles. The number of pyridine rings is 2. The Morgan fingerprint density at radius 1 is 1.07 bits per heavy atom. The number of fused-ring (bicyclic) bond motifs is 1. The second-order valence-corrected chi connectivity index (χ2v) is 10.6. The lowest BCUT2D eigenvalue weighted by Gasteiger charge is -2.33. The van der Waals surface area contributed by atoms with Crippen LogP contribution in [0.2, 0.25) is 5.02 Å². The van der Waals surface area contributed by atoms with Crippen LogP contribution >= 0.6 is 11.6 Å². The highest BCUT2D eigenvalue weighted by atomic mass is 35.5. The average molecular weight is 610 g/mol. The molecule has 0 radical (unpaired) electrons. The van der Waals surface area contributed by atoms with Gasteiger partial charge in [0.25, 0.3) is 5.91 Å². The maximum Gasteiger partial charge on any atom is 0.424 e. The minimum Gasteiger partial charge on any atom is -0.494 e. The lowest BCUT2D eigenvalue weighted by molar-refractivity contribution is -0.266. The number of benzene rings is 2. The molecular weight excluding hydrogens is 585 g/mol. The van der Waals surface area contributed by atoms with Crippen molar-refractivity contribution in [3.8, 4) is 17.0 Å². The van der Waals surface area contributed by atoms with Crippen molar-refractivity contribution >= 4 is 28.4 Å². The maximum absolute atomic E-state index is 15.8. The average Bonchev–Trinajstić information content (AvgIpc) is 2.90. The van der Waals surface area contributed by atoms with Crippen molar-refractivity contribution in [1.29, 1.82) is 0 Å². The monoisotopic (exact) mass is 609 g/mol. The fourth-order valence-corrected chi connectivity index (χ4v) is 4.86. The standard InChI is InChI=1S/C29H25ClF5N3O4/c1-14-9-16-10-17(11-19(42-4)23(16)36-12-14)26(39)37-13-28(41,29(33,34)35)25-22(32)20(27(2,3)40)21(30)24(38-25)15-5-7-18(31)8-6-15/h5-12,40-41H,13H2,1-4H3,(H,37,39)/t28-/m0/s1. The van der Waals surface area contributed by atoms with E-state index in [2.05, 4.69) is 9.97 Å². The molecule has 222 valence electrons. The molecule has 1 atom stereocenters. The Labute approximate surface area is 241 Å². The van der Waals surface area contributed by atoms with Crippen LogP contribution in [0.1, 0.15) is 41.0 Å². The van der Waals surface area contributed by atoms with E-state index in [9.17, 15) is 32.6 Å². The fourth-order valence-electron chi connectivity index (χ4n) is 4.39. The van der Waals surface area contributed by atoms with Crippen molar-refractivity contribution in [2.45, 2.75) is 38.1 Å². The van der Waals surface area contributed by atoms with E-state index in [4.69, 9.17) is 16.3 Å². The van der Waals surface area contributed by atoms with E-state index in [1.165, 1.54) is 19.2 Å². The number of nitrogens with one attached hydrogen (secondary N) is 1. The predicted molar refractivity (Wildman–Crippen MR) is 145 cm³/mol. The van der Waals surface area contributed by atoms with Crippen LogP contribution in [0.4, 0.5) is 22.0 Å². The largest absolute Gasteiger partial charge is 0.494 e. The highest BCUT2D eigenvalue weighted by molar-refractivity contribution is 6.34. The van der Waals surface area contributed by atoms with Gasteiger partial charge in [-0.05, 0) is 68.8 Å². The first-order valence-corrected chi connectivity index (χ1v) is 12.8. The number of carbonyl (C=O) groups is 1. The number of aromatic nitrogens is 2. The molecule has 3 N–H and O–H groups in total. The number of halogens is 6. The summed E-state index contributed by atoms with van der Waals surface area (Å²) in [5.74, 6) is -3.28. The van der Waals surface area contributed by atoms with Gasteiger partial charge in [0.15, 0.2) is 5.82 Å². The molecule has 0 fully saturated rings. The number of aryl methyl sites for hydroxylation is 1. The van der Waals surface area contributed by atoms with Crippen molar-refractivity contribution in [3.63, 3.8) is 0 Å². The van der Waals surface area contributed by atoms with Crippen LogP contribution in [0.3, 0.4) is 0 Å². The summed E-state index contributed by atoms with van der Waals surface area (Å²) in [7, 11) is 1.33. The summed E-state index contributed by atoms with van der Waals surface area (Å²) in [4.78, 5) is 21.0. The quantitative estimate of drug-likeness (QED) is 0.224. The van der Waals surface area contributed by atoms with Gasteiger partial charge in [-0.15, -0.1) is 0 Å². The van der Waals surface area contributed by atoms with E-state index >= 15 is 4.39 Å². The molecule has 0 unspecified atom stereocenters. The molecule has 4 rings (SSSR count). The normalized spacial score (nSPS) is 13.6. The van der Waals surface area contributed by atoms with Gasteiger partial charge >= 0.3 is 6.18 Å². The van der Waals surface area contributed by atoms with E-state index < -0.39 is 63.4 Å². The highest BCUT2D eigenvalue weighted by Crippen LogP contribution is 2.45. The molecule has 1 amide bonds. The summed E-state index contributed by atoms with van der Waals surface area (Å²) in [6.45, 7) is 2.34. The van der Waals surface area contributed by atoms with Crippen LogP contribution in [-0.2, 0) is 11.2 Å². The van der Waals surface area contributed by atoms with Gasteiger partial charge in [-0.2, -0.15) is 13.2 Å². The lowest BCUT2D eigenvalue weighted by atomic mass is 9.89. The molecule has 2 aromatic carbocycles. The Morgan fingerprint density at radius 3 is 2.29 bits per heavy atom. The van der Waals surface area contributed by atoms with Gasteiger partial charge in [0.1, 0.15) is 22.8 Å².